The lowest BCUT2D eigenvalue weighted by atomic mass is 10.2. The highest BCUT2D eigenvalue weighted by atomic mass is 32.1. The third kappa shape index (κ3) is 3.75. The first kappa shape index (κ1) is 16.9. The van der Waals surface area contributed by atoms with E-state index in [0.29, 0.717) is 21.8 Å². The topological polar surface area (TPSA) is 71.1 Å². The summed E-state index contributed by atoms with van der Waals surface area (Å²) in [5.74, 6) is -0.367. The van der Waals surface area contributed by atoms with Crippen molar-refractivity contribution < 1.29 is 9.59 Å². The monoisotopic (exact) mass is 351 g/mol. The minimum atomic E-state index is -0.204. The Morgan fingerprint density at radius 3 is 2.28 bits per heavy atom. The van der Waals surface area contributed by atoms with Crippen molar-refractivity contribution in [2.45, 2.75) is 6.92 Å². The van der Waals surface area contributed by atoms with Gasteiger partial charge in [-0.25, -0.2) is 4.98 Å². The van der Waals surface area contributed by atoms with E-state index in [9.17, 15) is 9.59 Å². The van der Waals surface area contributed by atoms with E-state index in [2.05, 4.69) is 15.6 Å². The van der Waals surface area contributed by atoms with Gasteiger partial charge in [-0.2, -0.15) is 0 Å². The summed E-state index contributed by atoms with van der Waals surface area (Å²) in [6, 6.07) is 16.5. The van der Waals surface area contributed by atoms with Gasteiger partial charge in [0.25, 0.3) is 11.8 Å². The number of hydrogen-bond donors (Lipinski definition) is 2. The highest BCUT2D eigenvalue weighted by molar-refractivity contribution is 7.17. The summed E-state index contributed by atoms with van der Waals surface area (Å²) in [4.78, 5) is 29.2. The van der Waals surface area contributed by atoms with Gasteiger partial charge in [0.2, 0.25) is 0 Å². The van der Waals surface area contributed by atoms with E-state index in [1.807, 2.05) is 37.3 Å². The van der Waals surface area contributed by atoms with E-state index in [1.165, 1.54) is 11.3 Å². The molecule has 126 valence electrons. The zero-order chi connectivity index (χ0) is 17.8. The lowest BCUT2D eigenvalue weighted by Gasteiger charge is -2.05. The average molecular weight is 351 g/mol. The predicted octanol–water partition coefficient (Wildman–Crippen LogP) is 3.73. The Balaban J connectivity index is 1.78. The van der Waals surface area contributed by atoms with Crippen LogP contribution in [0.2, 0.25) is 0 Å². The third-order valence-corrected chi connectivity index (χ3v) is 4.86. The SMILES string of the molecule is CNC(=O)c1ccc(NC(=O)c2sc(-c3ccccc3)nc2C)cc1. The molecule has 0 spiro atoms. The lowest BCUT2D eigenvalue weighted by Crippen LogP contribution is -2.17. The maximum absolute atomic E-state index is 12.5. The largest absolute Gasteiger partial charge is 0.355 e. The van der Waals surface area contributed by atoms with Gasteiger partial charge in [0.1, 0.15) is 9.88 Å². The van der Waals surface area contributed by atoms with Gasteiger partial charge in [0.05, 0.1) is 5.69 Å². The van der Waals surface area contributed by atoms with E-state index >= 15 is 0 Å². The van der Waals surface area contributed by atoms with Crippen molar-refractivity contribution in [3.63, 3.8) is 0 Å². The summed E-state index contributed by atoms with van der Waals surface area (Å²) < 4.78 is 0. The number of thiazole rings is 1. The molecule has 0 aliphatic heterocycles. The van der Waals surface area contributed by atoms with Crippen molar-refractivity contribution in [3.8, 4) is 10.6 Å². The number of rotatable bonds is 4. The van der Waals surface area contributed by atoms with E-state index in [0.717, 1.165) is 10.6 Å². The average Bonchev–Trinajstić information content (AvgIpc) is 3.04. The number of nitrogens with one attached hydrogen (secondary N) is 2. The Labute approximate surface area is 149 Å². The van der Waals surface area contributed by atoms with Gasteiger partial charge in [-0.3, -0.25) is 9.59 Å². The van der Waals surface area contributed by atoms with Crippen LogP contribution in [0.3, 0.4) is 0 Å². The van der Waals surface area contributed by atoms with Crippen LogP contribution in [0.25, 0.3) is 10.6 Å². The van der Waals surface area contributed by atoms with Crippen molar-refractivity contribution in [3.05, 3.63) is 70.7 Å². The maximum atomic E-state index is 12.5. The van der Waals surface area contributed by atoms with E-state index in [1.54, 1.807) is 31.3 Å². The Bertz CT molecular complexity index is 902. The van der Waals surface area contributed by atoms with Crippen LogP contribution < -0.4 is 10.6 Å². The summed E-state index contributed by atoms with van der Waals surface area (Å²) in [6.45, 7) is 1.83. The fourth-order valence-electron chi connectivity index (χ4n) is 2.35. The quantitative estimate of drug-likeness (QED) is 0.752. The summed E-state index contributed by atoms with van der Waals surface area (Å²) in [5, 5.41) is 6.23. The molecule has 0 radical (unpaired) electrons. The molecule has 25 heavy (non-hydrogen) atoms. The maximum Gasteiger partial charge on any atom is 0.267 e. The van der Waals surface area contributed by atoms with Crippen LogP contribution in [0.4, 0.5) is 5.69 Å². The van der Waals surface area contributed by atoms with Crippen LogP contribution in [-0.4, -0.2) is 23.8 Å². The molecular formula is C19H17N3O2S. The van der Waals surface area contributed by atoms with Gasteiger partial charge in [0.15, 0.2) is 0 Å². The van der Waals surface area contributed by atoms with E-state index < -0.39 is 0 Å². The van der Waals surface area contributed by atoms with Crippen molar-refractivity contribution in [2.24, 2.45) is 0 Å². The minimum Gasteiger partial charge on any atom is -0.355 e. The second-order valence-electron chi connectivity index (χ2n) is 5.41. The molecule has 5 nitrogen and oxygen atoms in total. The molecule has 2 amide bonds. The first-order valence-electron chi connectivity index (χ1n) is 7.75. The standard InChI is InChI=1S/C19H17N3O2S/c1-12-16(25-19(21-12)14-6-4-3-5-7-14)18(24)22-15-10-8-13(9-11-15)17(23)20-2/h3-11H,1-2H3,(H,20,23)(H,22,24). The molecule has 0 aliphatic rings. The Morgan fingerprint density at radius 1 is 0.960 bits per heavy atom. The summed E-state index contributed by atoms with van der Waals surface area (Å²) in [5.41, 5.74) is 2.86. The predicted molar refractivity (Wildman–Crippen MR) is 100 cm³/mol. The van der Waals surface area contributed by atoms with Crippen LogP contribution in [-0.2, 0) is 0 Å². The van der Waals surface area contributed by atoms with Crippen LogP contribution >= 0.6 is 11.3 Å². The molecule has 0 atom stereocenters. The molecular weight excluding hydrogens is 334 g/mol. The molecule has 0 unspecified atom stereocenters. The highest BCUT2D eigenvalue weighted by Gasteiger charge is 2.16. The second kappa shape index (κ2) is 7.27. The van der Waals surface area contributed by atoms with Gasteiger partial charge < -0.3 is 10.6 Å². The third-order valence-electron chi connectivity index (χ3n) is 3.66. The Morgan fingerprint density at radius 2 is 1.64 bits per heavy atom. The summed E-state index contributed by atoms with van der Waals surface area (Å²) in [6.07, 6.45) is 0. The van der Waals surface area contributed by atoms with Crippen LogP contribution in [0.5, 0.6) is 0 Å². The van der Waals surface area contributed by atoms with Gasteiger partial charge >= 0.3 is 0 Å². The van der Waals surface area contributed by atoms with E-state index in [4.69, 9.17) is 0 Å². The van der Waals surface area contributed by atoms with Crippen LogP contribution in [0, 0.1) is 6.92 Å². The smallest absolute Gasteiger partial charge is 0.267 e. The van der Waals surface area contributed by atoms with Crippen molar-refractivity contribution in [2.75, 3.05) is 12.4 Å². The van der Waals surface area contributed by atoms with Crippen molar-refractivity contribution in [1.29, 1.82) is 0 Å². The number of anilines is 1. The normalized spacial score (nSPS) is 10.3. The number of benzene rings is 2. The number of carbonyl (C=O) groups is 2. The van der Waals surface area contributed by atoms with E-state index in [-0.39, 0.29) is 11.8 Å². The molecule has 0 aliphatic carbocycles. The molecule has 1 heterocycles. The number of aromatic nitrogens is 1. The molecule has 0 saturated heterocycles. The van der Waals surface area contributed by atoms with Gasteiger partial charge in [0, 0.05) is 23.9 Å². The Kier molecular flexibility index (Phi) is 4.90. The van der Waals surface area contributed by atoms with Crippen molar-refractivity contribution in [1.82, 2.24) is 10.3 Å². The molecule has 6 heteroatoms. The minimum absolute atomic E-state index is 0.163. The zero-order valence-corrected chi connectivity index (χ0v) is 14.7. The fraction of sp³-hybridized carbons (Fsp3) is 0.105. The number of hydrogen-bond acceptors (Lipinski definition) is 4. The first-order valence-corrected chi connectivity index (χ1v) is 8.56. The van der Waals surface area contributed by atoms with Crippen LogP contribution in [0.15, 0.2) is 54.6 Å². The Hall–Kier alpha value is -2.99. The molecule has 1 aromatic heterocycles. The number of carbonyl (C=O) groups excluding carboxylic acids is 2. The number of amides is 2. The molecule has 0 saturated carbocycles. The molecule has 2 aromatic carbocycles. The number of nitrogens with zero attached hydrogens (tertiary/aromatic N) is 1. The lowest BCUT2D eigenvalue weighted by molar-refractivity contribution is 0.0962. The molecule has 0 bridgehead atoms. The molecule has 0 fully saturated rings. The molecule has 2 N–H and O–H groups in total. The fourth-order valence-corrected chi connectivity index (χ4v) is 3.32. The summed E-state index contributed by atoms with van der Waals surface area (Å²) >= 11 is 1.36. The second-order valence-corrected chi connectivity index (χ2v) is 6.41. The zero-order valence-electron chi connectivity index (χ0n) is 13.9. The van der Waals surface area contributed by atoms with Crippen molar-refractivity contribution >= 4 is 28.8 Å². The molecule has 3 rings (SSSR count). The first-order chi connectivity index (χ1) is 12.1. The summed E-state index contributed by atoms with van der Waals surface area (Å²) in [7, 11) is 1.58. The highest BCUT2D eigenvalue weighted by Crippen LogP contribution is 2.28. The van der Waals surface area contributed by atoms with Gasteiger partial charge in [-0.15, -0.1) is 11.3 Å². The number of aryl methyl sites for hydroxylation is 1. The molecule has 3 aromatic rings. The van der Waals surface area contributed by atoms with Crippen LogP contribution in [0.1, 0.15) is 25.7 Å². The van der Waals surface area contributed by atoms with Gasteiger partial charge in [-0.1, -0.05) is 30.3 Å². The van der Waals surface area contributed by atoms with Gasteiger partial charge in [-0.05, 0) is 31.2 Å².